The Bertz CT molecular complexity index is 332. The van der Waals surface area contributed by atoms with Gasteiger partial charge in [-0.05, 0) is 18.6 Å². The molecule has 1 heterocycles. The lowest BCUT2D eigenvalue weighted by atomic mass is 10.0. The molecule has 1 atom stereocenters. The van der Waals surface area contributed by atoms with Crippen LogP contribution in [0.5, 0.6) is 0 Å². The minimum Gasteiger partial charge on any atom is -0.329 e. The van der Waals surface area contributed by atoms with Gasteiger partial charge in [-0.2, -0.15) is 0 Å². The molecule has 0 spiro atoms. The molecule has 0 radical (unpaired) electrons. The van der Waals surface area contributed by atoms with Crippen molar-refractivity contribution in [1.82, 2.24) is 4.90 Å². The summed E-state index contributed by atoms with van der Waals surface area (Å²) in [5.41, 5.74) is 5.67. The maximum atomic E-state index is 13.3. The summed E-state index contributed by atoms with van der Waals surface area (Å²) in [6, 6.07) is 4.24. The first-order chi connectivity index (χ1) is 7.22. The van der Waals surface area contributed by atoms with Crippen molar-refractivity contribution >= 4 is 0 Å². The van der Waals surface area contributed by atoms with Crippen LogP contribution in [-0.4, -0.2) is 24.0 Å². The summed E-state index contributed by atoms with van der Waals surface area (Å²) in [6.45, 7) is 1.74. The number of rotatable bonds is 3. The predicted molar refractivity (Wildman–Crippen MR) is 54.2 cm³/mol. The minimum absolute atomic E-state index is 0.149. The van der Waals surface area contributed by atoms with Crippen molar-refractivity contribution in [1.29, 1.82) is 0 Å². The molecular formula is C11H14F2N2. The topological polar surface area (TPSA) is 29.3 Å². The number of nitrogens with zero attached hydrogens (tertiary/aromatic N) is 1. The summed E-state index contributed by atoms with van der Waals surface area (Å²) in [5.74, 6) is -0.949. The van der Waals surface area contributed by atoms with Crippen molar-refractivity contribution in [3.63, 3.8) is 0 Å². The van der Waals surface area contributed by atoms with Crippen LogP contribution in [0.15, 0.2) is 18.2 Å². The molecule has 0 saturated carbocycles. The highest BCUT2D eigenvalue weighted by Crippen LogP contribution is 2.22. The monoisotopic (exact) mass is 212 g/mol. The van der Waals surface area contributed by atoms with Crippen LogP contribution < -0.4 is 5.73 Å². The van der Waals surface area contributed by atoms with Gasteiger partial charge in [-0.3, -0.25) is 4.90 Å². The highest BCUT2D eigenvalue weighted by atomic mass is 19.1. The van der Waals surface area contributed by atoms with Crippen molar-refractivity contribution in [2.45, 2.75) is 19.0 Å². The lowest BCUT2D eigenvalue weighted by molar-refractivity contribution is 0.0854. The lowest BCUT2D eigenvalue weighted by Crippen LogP contribution is -2.51. The molecule has 1 aromatic carbocycles. The number of likely N-dealkylation sites (tertiary alicyclic amines) is 1. The van der Waals surface area contributed by atoms with E-state index in [-0.39, 0.29) is 11.6 Å². The van der Waals surface area contributed by atoms with E-state index in [9.17, 15) is 8.78 Å². The molecule has 2 nitrogen and oxygen atoms in total. The third kappa shape index (κ3) is 2.01. The largest absolute Gasteiger partial charge is 0.329 e. The zero-order valence-electron chi connectivity index (χ0n) is 8.42. The molecule has 1 aliphatic heterocycles. The van der Waals surface area contributed by atoms with E-state index < -0.39 is 11.6 Å². The van der Waals surface area contributed by atoms with Gasteiger partial charge in [0.25, 0.3) is 0 Å². The van der Waals surface area contributed by atoms with Gasteiger partial charge in [0.05, 0.1) is 0 Å². The van der Waals surface area contributed by atoms with Crippen LogP contribution in [0, 0.1) is 11.6 Å². The second-order valence-electron chi connectivity index (χ2n) is 3.85. The Balaban J connectivity index is 2.10. The van der Waals surface area contributed by atoms with Crippen molar-refractivity contribution in [2.75, 3.05) is 13.1 Å². The molecule has 0 amide bonds. The van der Waals surface area contributed by atoms with E-state index in [2.05, 4.69) is 0 Å². The third-order valence-electron chi connectivity index (χ3n) is 2.96. The average molecular weight is 212 g/mol. The van der Waals surface area contributed by atoms with E-state index in [1.54, 1.807) is 0 Å². The van der Waals surface area contributed by atoms with Crippen molar-refractivity contribution in [3.8, 4) is 0 Å². The molecule has 0 aromatic heterocycles. The van der Waals surface area contributed by atoms with Gasteiger partial charge in [-0.1, -0.05) is 6.07 Å². The number of hydrogen-bond donors (Lipinski definition) is 1. The molecule has 0 bridgehead atoms. The molecule has 1 unspecified atom stereocenters. The fourth-order valence-electron chi connectivity index (χ4n) is 1.86. The zero-order chi connectivity index (χ0) is 10.8. The van der Waals surface area contributed by atoms with Gasteiger partial charge >= 0.3 is 0 Å². The summed E-state index contributed by atoms with van der Waals surface area (Å²) < 4.78 is 26.6. The van der Waals surface area contributed by atoms with E-state index in [1.807, 2.05) is 4.90 Å². The summed E-state index contributed by atoms with van der Waals surface area (Å²) in [5, 5.41) is 0. The fourth-order valence-corrected chi connectivity index (χ4v) is 1.86. The standard InChI is InChI=1S/C11H14F2N2/c12-10-2-1-3-11(13)9(10)7-15-5-4-8(15)6-14/h1-3,8H,4-7,14H2. The number of benzene rings is 1. The first-order valence-corrected chi connectivity index (χ1v) is 5.09. The first kappa shape index (κ1) is 10.5. The van der Waals surface area contributed by atoms with E-state index in [0.717, 1.165) is 13.0 Å². The summed E-state index contributed by atoms with van der Waals surface area (Å²) >= 11 is 0. The molecular weight excluding hydrogens is 198 g/mol. The molecule has 1 saturated heterocycles. The van der Waals surface area contributed by atoms with Gasteiger partial charge in [-0.25, -0.2) is 8.78 Å². The van der Waals surface area contributed by atoms with Crippen molar-refractivity contribution in [2.24, 2.45) is 5.73 Å². The van der Waals surface area contributed by atoms with Crippen LogP contribution in [-0.2, 0) is 6.54 Å². The van der Waals surface area contributed by atoms with E-state index in [0.29, 0.717) is 13.1 Å². The van der Waals surface area contributed by atoms with Crippen LogP contribution in [0.25, 0.3) is 0 Å². The normalized spacial score (nSPS) is 21.4. The summed E-state index contributed by atoms with van der Waals surface area (Å²) in [6.07, 6.45) is 1.02. The van der Waals surface area contributed by atoms with Gasteiger partial charge in [0.2, 0.25) is 0 Å². The molecule has 82 valence electrons. The Labute approximate surface area is 87.7 Å². The maximum absolute atomic E-state index is 13.3. The van der Waals surface area contributed by atoms with Crippen LogP contribution in [0.4, 0.5) is 8.78 Å². The van der Waals surface area contributed by atoms with Crippen LogP contribution >= 0.6 is 0 Å². The molecule has 1 aliphatic rings. The molecule has 1 aromatic rings. The van der Waals surface area contributed by atoms with Crippen LogP contribution in [0.1, 0.15) is 12.0 Å². The quantitative estimate of drug-likeness (QED) is 0.822. The average Bonchev–Trinajstić information content (AvgIpc) is 2.16. The van der Waals surface area contributed by atoms with Gasteiger partial charge in [0.15, 0.2) is 0 Å². The van der Waals surface area contributed by atoms with Crippen LogP contribution in [0.3, 0.4) is 0 Å². The Morgan fingerprint density at radius 1 is 1.33 bits per heavy atom. The minimum atomic E-state index is -0.474. The van der Waals surface area contributed by atoms with Crippen molar-refractivity contribution < 1.29 is 8.78 Å². The predicted octanol–water partition coefficient (Wildman–Crippen LogP) is 1.50. The highest BCUT2D eigenvalue weighted by Gasteiger charge is 2.27. The third-order valence-corrected chi connectivity index (χ3v) is 2.96. The van der Waals surface area contributed by atoms with Crippen molar-refractivity contribution in [3.05, 3.63) is 35.4 Å². The zero-order valence-corrected chi connectivity index (χ0v) is 8.42. The molecule has 4 heteroatoms. The SMILES string of the molecule is NCC1CCN1Cc1c(F)cccc1F. The second-order valence-corrected chi connectivity index (χ2v) is 3.85. The second kappa shape index (κ2) is 4.24. The summed E-state index contributed by atoms with van der Waals surface area (Å²) in [7, 11) is 0. The molecule has 2 N–H and O–H groups in total. The van der Waals surface area contributed by atoms with E-state index >= 15 is 0 Å². The lowest BCUT2D eigenvalue weighted by Gasteiger charge is -2.40. The molecule has 1 fully saturated rings. The number of hydrogen-bond acceptors (Lipinski definition) is 2. The van der Waals surface area contributed by atoms with Crippen LogP contribution in [0.2, 0.25) is 0 Å². The van der Waals surface area contributed by atoms with E-state index in [4.69, 9.17) is 5.73 Å². The number of halogens is 2. The van der Waals surface area contributed by atoms with Gasteiger partial charge in [0, 0.05) is 31.2 Å². The Morgan fingerprint density at radius 2 is 2.00 bits per heavy atom. The van der Waals surface area contributed by atoms with Gasteiger partial charge in [-0.15, -0.1) is 0 Å². The number of nitrogens with two attached hydrogens (primary N) is 1. The Kier molecular flexibility index (Phi) is 2.98. The molecule has 15 heavy (non-hydrogen) atoms. The molecule has 2 rings (SSSR count). The van der Waals surface area contributed by atoms with E-state index in [1.165, 1.54) is 18.2 Å². The smallest absolute Gasteiger partial charge is 0.130 e. The van der Waals surface area contributed by atoms with Gasteiger partial charge in [0.1, 0.15) is 11.6 Å². The van der Waals surface area contributed by atoms with Gasteiger partial charge < -0.3 is 5.73 Å². The Hall–Kier alpha value is -1.00. The molecule has 0 aliphatic carbocycles. The highest BCUT2D eigenvalue weighted by molar-refractivity contribution is 5.20. The summed E-state index contributed by atoms with van der Waals surface area (Å²) in [4.78, 5) is 2.00. The fraction of sp³-hybridized carbons (Fsp3) is 0.455. The maximum Gasteiger partial charge on any atom is 0.130 e. The Morgan fingerprint density at radius 3 is 2.47 bits per heavy atom. The first-order valence-electron chi connectivity index (χ1n) is 5.09.